The van der Waals surface area contributed by atoms with E-state index in [2.05, 4.69) is 20.3 Å². The Hall–Kier alpha value is -1.84. The van der Waals surface area contributed by atoms with Gasteiger partial charge in [0.15, 0.2) is 17.7 Å². The van der Waals surface area contributed by atoms with E-state index in [0.717, 1.165) is 5.82 Å². The molecule has 4 N–H and O–H groups in total. The largest absolute Gasteiger partial charge is 0.388 e. The van der Waals surface area contributed by atoms with Crippen molar-refractivity contribution in [2.75, 3.05) is 12.4 Å². The molecule has 1 aliphatic rings. The predicted molar refractivity (Wildman–Crippen MR) is 80.6 cm³/mol. The molecule has 0 radical (unpaired) electrons. The smallest absolute Gasteiger partial charge is 0.348 e. The quantitative estimate of drug-likeness (QED) is 0.574. The average Bonchev–Trinajstić information content (AvgIpc) is 3.07. The van der Waals surface area contributed by atoms with Gasteiger partial charge in [-0.3, -0.25) is 9.13 Å². The first-order valence-electron chi connectivity index (χ1n) is 6.82. The zero-order valence-electron chi connectivity index (χ0n) is 12.1. The molecule has 23 heavy (non-hydrogen) atoms. The number of nitrogens with zero attached hydrogens (tertiary/aromatic N) is 4. The summed E-state index contributed by atoms with van der Waals surface area (Å²) in [6.45, 7) is 0. The zero-order valence-corrected chi connectivity index (χ0v) is 13.0. The van der Waals surface area contributed by atoms with Crippen LogP contribution in [0.15, 0.2) is 24.5 Å². The van der Waals surface area contributed by atoms with Crippen molar-refractivity contribution in [1.82, 2.24) is 19.5 Å². The lowest BCUT2D eigenvalue weighted by Gasteiger charge is -2.16. The van der Waals surface area contributed by atoms with Crippen LogP contribution >= 0.6 is 7.60 Å². The molecule has 1 fully saturated rings. The number of nitrogens with one attached hydrogen (secondary N) is 1. The van der Waals surface area contributed by atoms with Crippen molar-refractivity contribution < 1.29 is 24.2 Å². The summed E-state index contributed by atoms with van der Waals surface area (Å²) in [4.78, 5) is 30.2. The van der Waals surface area contributed by atoms with Crippen LogP contribution in [-0.2, 0) is 9.30 Å². The van der Waals surface area contributed by atoms with E-state index in [9.17, 15) is 9.67 Å². The fourth-order valence-corrected chi connectivity index (χ4v) is 2.90. The Kier molecular flexibility index (Phi) is 4.17. The first-order chi connectivity index (χ1) is 10.9. The third-order valence-electron chi connectivity index (χ3n) is 3.48. The van der Waals surface area contributed by atoms with Gasteiger partial charge in [0.2, 0.25) is 0 Å². The van der Waals surface area contributed by atoms with Crippen LogP contribution in [0.5, 0.6) is 0 Å². The monoisotopic (exact) mass is 341 g/mol. The van der Waals surface area contributed by atoms with Gasteiger partial charge in [0.05, 0.1) is 12.4 Å². The van der Waals surface area contributed by atoms with Crippen molar-refractivity contribution in [3.8, 4) is 0 Å². The lowest BCUT2D eigenvalue weighted by Crippen LogP contribution is -2.19. The minimum absolute atomic E-state index is 0.213. The van der Waals surface area contributed by atoms with Crippen molar-refractivity contribution in [3.05, 3.63) is 24.5 Å². The second kappa shape index (κ2) is 5.99. The summed E-state index contributed by atoms with van der Waals surface area (Å²) in [5.41, 5.74) is 1.04. The van der Waals surface area contributed by atoms with Crippen molar-refractivity contribution in [2.45, 2.75) is 24.9 Å². The van der Waals surface area contributed by atoms with Crippen LogP contribution in [-0.4, -0.2) is 53.7 Å². The number of ether oxygens (including phenoxy) is 1. The van der Waals surface area contributed by atoms with Crippen LogP contribution in [0.3, 0.4) is 0 Å². The van der Waals surface area contributed by atoms with E-state index in [1.54, 1.807) is 11.6 Å². The lowest BCUT2D eigenvalue weighted by atomic mass is 10.2. The molecule has 3 rings (SSSR count). The van der Waals surface area contributed by atoms with Crippen LogP contribution in [0.1, 0.15) is 12.6 Å². The SMILES string of the molecule is CNc1ncnc2c1ncn2[C@@H]1O[C@H](/C=C/P(=O)(O)O)C[C@H]1O. The highest BCUT2D eigenvalue weighted by Crippen LogP contribution is 2.38. The third-order valence-corrected chi connectivity index (χ3v) is 4.04. The maximum absolute atomic E-state index is 10.9. The van der Waals surface area contributed by atoms with E-state index in [4.69, 9.17) is 14.5 Å². The fourth-order valence-electron chi connectivity index (χ4n) is 2.48. The summed E-state index contributed by atoms with van der Waals surface area (Å²) in [7, 11) is -2.54. The molecular weight excluding hydrogens is 325 g/mol. The van der Waals surface area contributed by atoms with Gasteiger partial charge in [-0.05, 0) is 6.08 Å². The molecule has 1 saturated heterocycles. The van der Waals surface area contributed by atoms with Gasteiger partial charge in [0.1, 0.15) is 17.9 Å². The molecule has 11 heteroatoms. The van der Waals surface area contributed by atoms with E-state index in [1.165, 1.54) is 18.7 Å². The minimum atomic E-state index is -4.26. The van der Waals surface area contributed by atoms with Crippen LogP contribution in [0.4, 0.5) is 5.82 Å². The van der Waals surface area contributed by atoms with E-state index in [-0.39, 0.29) is 6.42 Å². The Balaban J connectivity index is 1.88. The molecule has 0 saturated carbocycles. The molecule has 0 aliphatic carbocycles. The zero-order chi connectivity index (χ0) is 16.6. The first-order valence-corrected chi connectivity index (χ1v) is 8.50. The number of aliphatic hydroxyl groups is 1. The first kappa shape index (κ1) is 16.0. The average molecular weight is 341 g/mol. The van der Waals surface area contributed by atoms with Gasteiger partial charge in [0.25, 0.3) is 0 Å². The topological polar surface area (TPSA) is 143 Å². The summed E-state index contributed by atoms with van der Waals surface area (Å²) in [6.07, 6.45) is 2.13. The van der Waals surface area contributed by atoms with E-state index >= 15 is 0 Å². The molecule has 10 nitrogen and oxygen atoms in total. The Bertz CT molecular complexity index is 787. The Morgan fingerprint density at radius 2 is 2.22 bits per heavy atom. The van der Waals surface area contributed by atoms with E-state index in [0.29, 0.717) is 17.0 Å². The lowest BCUT2D eigenvalue weighted by molar-refractivity contribution is -0.0227. The molecule has 1 aliphatic heterocycles. The highest BCUT2D eigenvalue weighted by Gasteiger charge is 2.35. The summed E-state index contributed by atoms with van der Waals surface area (Å²) < 4.78 is 18.1. The summed E-state index contributed by atoms with van der Waals surface area (Å²) >= 11 is 0. The number of rotatable bonds is 4. The number of imidazole rings is 1. The van der Waals surface area contributed by atoms with Gasteiger partial charge in [-0.15, -0.1) is 0 Å². The summed E-state index contributed by atoms with van der Waals surface area (Å²) in [6, 6.07) is 0. The Morgan fingerprint density at radius 1 is 1.43 bits per heavy atom. The van der Waals surface area contributed by atoms with Gasteiger partial charge in [-0.2, -0.15) is 0 Å². The second-order valence-electron chi connectivity index (χ2n) is 5.10. The van der Waals surface area contributed by atoms with E-state index in [1.807, 2.05) is 0 Å². The molecule has 0 aromatic carbocycles. The van der Waals surface area contributed by atoms with Crippen LogP contribution in [0, 0.1) is 0 Å². The summed E-state index contributed by atoms with van der Waals surface area (Å²) in [5, 5.41) is 13.1. The number of aromatic nitrogens is 4. The van der Waals surface area contributed by atoms with Crippen molar-refractivity contribution >= 4 is 24.6 Å². The Morgan fingerprint density at radius 3 is 2.91 bits per heavy atom. The Labute approximate surface area is 131 Å². The number of hydrogen-bond donors (Lipinski definition) is 4. The molecule has 0 spiro atoms. The van der Waals surface area contributed by atoms with Gasteiger partial charge < -0.3 is 24.9 Å². The molecule has 0 bridgehead atoms. The second-order valence-corrected chi connectivity index (χ2v) is 6.57. The minimum Gasteiger partial charge on any atom is -0.388 e. The molecule has 3 heterocycles. The fraction of sp³-hybridized carbons (Fsp3) is 0.417. The number of hydrogen-bond acceptors (Lipinski definition) is 7. The molecule has 3 atom stereocenters. The van der Waals surface area contributed by atoms with E-state index < -0.39 is 26.0 Å². The van der Waals surface area contributed by atoms with Gasteiger partial charge in [0, 0.05) is 19.3 Å². The maximum Gasteiger partial charge on any atom is 0.348 e. The normalized spacial score (nSPS) is 25.5. The predicted octanol–water partition coefficient (Wildman–Crippen LogP) is 0.208. The summed E-state index contributed by atoms with van der Waals surface area (Å²) in [5.74, 6) is 1.33. The third kappa shape index (κ3) is 3.26. The molecule has 124 valence electrons. The molecular formula is C12H16N5O5P. The number of aliphatic hydroxyl groups excluding tert-OH is 1. The van der Waals surface area contributed by atoms with Crippen LogP contribution in [0.25, 0.3) is 11.2 Å². The highest BCUT2D eigenvalue weighted by molar-refractivity contribution is 7.55. The van der Waals surface area contributed by atoms with Crippen LogP contribution < -0.4 is 5.32 Å². The molecule has 2 aromatic rings. The van der Waals surface area contributed by atoms with Gasteiger partial charge in [-0.25, -0.2) is 15.0 Å². The number of anilines is 1. The van der Waals surface area contributed by atoms with Crippen molar-refractivity contribution in [1.29, 1.82) is 0 Å². The highest BCUT2D eigenvalue weighted by atomic mass is 31.2. The van der Waals surface area contributed by atoms with Crippen LogP contribution in [0.2, 0.25) is 0 Å². The maximum atomic E-state index is 10.9. The molecule has 0 unspecified atom stereocenters. The van der Waals surface area contributed by atoms with Gasteiger partial charge in [-0.1, -0.05) is 0 Å². The van der Waals surface area contributed by atoms with Crippen molar-refractivity contribution in [2.24, 2.45) is 0 Å². The molecule has 2 aromatic heterocycles. The van der Waals surface area contributed by atoms with Crippen molar-refractivity contribution in [3.63, 3.8) is 0 Å². The number of fused-ring (bicyclic) bond motifs is 1. The van der Waals surface area contributed by atoms with Gasteiger partial charge >= 0.3 is 7.60 Å². The standard InChI is InChI=1S/C12H16N5O5P/c1-13-10-9-11(15-5-14-10)17(6-16-9)12-8(18)4-7(22-12)2-3-23(19,20)21/h2-3,5-8,12,18H,4H2,1H3,(H,13,14,15)(H2,19,20,21)/b3-2+/t7-,8-,12-/m1/s1. The molecule has 0 amide bonds.